The molecule has 2 unspecified atom stereocenters. The zero-order chi connectivity index (χ0) is 13.9. The molecule has 5 heteroatoms. The first-order valence-corrected chi connectivity index (χ1v) is 7.82. The second-order valence-corrected chi connectivity index (χ2v) is 7.45. The minimum atomic E-state index is -3.44. The molecule has 1 aromatic rings. The second-order valence-electron chi connectivity index (χ2n) is 4.32. The lowest BCUT2D eigenvalue weighted by Crippen LogP contribution is -2.34. The summed E-state index contributed by atoms with van der Waals surface area (Å²) in [6.45, 7) is 4.85. The van der Waals surface area contributed by atoms with Gasteiger partial charge in [0.1, 0.15) is 5.25 Å². The molecule has 100 valence electrons. The maximum Gasteiger partial charge on any atom is 0.180 e. The van der Waals surface area contributed by atoms with Crippen LogP contribution in [0.1, 0.15) is 37.6 Å². The summed E-state index contributed by atoms with van der Waals surface area (Å²) in [4.78, 5) is 12.1. The molecule has 1 rings (SSSR count). The highest BCUT2D eigenvalue weighted by atomic mass is 35.5. The van der Waals surface area contributed by atoms with E-state index in [1.807, 2.05) is 0 Å². The second kappa shape index (κ2) is 5.85. The Morgan fingerprint density at radius 2 is 1.94 bits per heavy atom. The number of hydrogen-bond acceptors (Lipinski definition) is 3. The number of carbonyl (C=O) groups is 1. The highest BCUT2D eigenvalue weighted by Crippen LogP contribution is 2.19. The van der Waals surface area contributed by atoms with Crippen LogP contribution in [0.4, 0.5) is 0 Å². The van der Waals surface area contributed by atoms with Crippen LogP contribution in [0.25, 0.3) is 0 Å². The predicted molar refractivity (Wildman–Crippen MR) is 73.9 cm³/mol. The molecule has 0 aliphatic rings. The summed E-state index contributed by atoms with van der Waals surface area (Å²) < 4.78 is 24.2. The van der Waals surface area contributed by atoms with E-state index < -0.39 is 26.1 Å². The first kappa shape index (κ1) is 15.2. The summed E-state index contributed by atoms with van der Waals surface area (Å²) in [7, 11) is -3.44. The van der Waals surface area contributed by atoms with Gasteiger partial charge in [0.15, 0.2) is 15.6 Å². The molecule has 2 atom stereocenters. The smallest absolute Gasteiger partial charge is 0.180 e. The Hall–Kier alpha value is -0.870. The zero-order valence-electron chi connectivity index (χ0n) is 10.7. The summed E-state index contributed by atoms with van der Waals surface area (Å²) in [5, 5.41) is -1.13. The van der Waals surface area contributed by atoms with Crippen molar-refractivity contribution in [2.75, 3.05) is 0 Å². The van der Waals surface area contributed by atoms with Gasteiger partial charge in [-0.3, -0.25) is 4.79 Å². The maximum absolute atomic E-state index is 12.1. The monoisotopic (exact) mass is 288 g/mol. The number of rotatable bonds is 5. The Morgan fingerprint density at radius 3 is 2.44 bits per heavy atom. The van der Waals surface area contributed by atoms with Gasteiger partial charge in [-0.05, 0) is 32.4 Å². The van der Waals surface area contributed by atoms with E-state index in [1.165, 1.54) is 13.0 Å². The van der Waals surface area contributed by atoms with Crippen molar-refractivity contribution in [2.45, 2.75) is 37.7 Å². The maximum atomic E-state index is 12.1. The van der Waals surface area contributed by atoms with Crippen LogP contribution < -0.4 is 0 Å². The first-order valence-electron chi connectivity index (χ1n) is 5.83. The lowest BCUT2D eigenvalue weighted by atomic mass is 10.1. The molecule has 18 heavy (non-hydrogen) atoms. The molecule has 0 radical (unpaired) electrons. The van der Waals surface area contributed by atoms with Crippen molar-refractivity contribution in [3.63, 3.8) is 0 Å². The van der Waals surface area contributed by atoms with Crippen LogP contribution in [0.2, 0.25) is 5.02 Å². The molecular weight excluding hydrogens is 272 g/mol. The van der Waals surface area contributed by atoms with Crippen molar-refractivity contribution in [3.05, 3.63) is 34.9 Å². The summed E-state index contributed by atoms with van der Waals surface area (Å²) in [6, 6.07) is 6.35. The normalized spacial score (nSPS) is 15.1. The quantitative estimate of drug-likeness (QED) is 0.782. The Kier molecular flexibility index (Phi) is 4.93. The molecule has 0 saturated heterocycles. The number of ketones is 1. The van der Waals surface area contributed by atoms with Gasteiger partial charge in [0.05, 0.1) is 5.25 Å². The number of benzene rings is 1. The lowest BCUT2D eigenvalue weighted by Gasteiger charge is -2.16. The highest BCUT2D eigenvalue weighted by Gasteiger charge is 2.32. The van der Waals surface area contributed by atoms with E-state index in [-0.39, 0.29) is 0 Å². The van der Waals surface area contributed by atoms with E-state index in [2.05, 4.69) is 0 Å². The van der Waals surface area contributed by atoms with Crippen LogP contribution in [0.15, 0.2) is 24.3 Å². The fourth-order valence-corrected chi connectivity index (χ4v) is 3.39. The highest BCUT2D eigenvalue weighted by molar-refractivity contribution is 7.93. The number of halogens is 1. The first-order chi connectivity index (χ1) is 8.30. The van der Waals surface area contributed by atoms with Gasteiger partial charge >= 0.3 is 0 Å². The molecule has 0 heterocycles. The number of hydrogen-bond donors (Lipinski definition) is 0. The van der Waals surface area contributed by atoms with Gasteiger partial charge < -0.3 is 0 Å². The molecular formula is C13H17ClO3S. The number of sulfone groups is 1. The van der Waals surface area contributed by atoms with Crippen LogP contribution in [-0.4, -0.2) is 24.7 Å². The molecule has 0 aliphatic heterocycles. The van der Waals surface area contributed by atoms with Gasteiger partial charge in [-0.1, -0.05) is 30.7 Å². The Labute approximate surface area is 113 Å². The van der Waals surface area contributed by atoms with Crippen LogP contribution in [-0.2, 0) is 9.84 Å². The van der Waals surface area contributed by atoms with Gasteiger partial charge in [-0.25, -0.2) is 8.42 Å². The summed E-state index contributed by atoms with van der Waals surface area (Å²) in [5.74, 6) is -0.405. The minimum Gasteiger partial charge on any atom is -0.293 e. The van der Waals surface area contributed by atoms with E-state index in [0.717, 1.165) is 0 Å². The molecule has 0 aliphatic carbocycles. The predicted octanol–water partition coefficient (Wildman–Crippen LogP) is 3.12. The van der Waals surface area contributed by atoms with Crippen LogP contribution in [0, 0.1) is 0 Å². The largest absolute Gasteiger partial charge is 0.293 e. The summed E-state index contributed by atoms with van der Waals surface area (Å²) >= 11 is 5.80. The Balaban J connectivity index is 3.05. The lowest BCUT2D eigenvalue weighted by molar-refractivity contribution is 0.0991. The summed E-state index contributed by atoms with van der Waals surface area (Å²) in [6.07, 6.45) is 0.496. The molecule has 3 nitrogen and oxygen atoms in total. The Morgan fingerprint density at radius 1 is 1.33 bits per heavy atom. The van der Waals surface area contributed by atoms with E-state index in [0.29, 0.717) is 17.0 Å². The number of Topliss-reactive ketones (excluding diaryl/α,β-unsaturated/α-hetero) is 1. The SMILES string of the molecule is CCC(C)S(=O)(=O)C(C)C(=O)c1cccc(Cl)c1. The molecule has 0 saturated carbocycles. The third-order valence-electron chi connectivity index (χ3n) is 3.11. The Bertz CT molecular complexity index is 537. The molecule has 0 aromatic heterocycles. The van der Waals surface area contributed by atoms with Crippen molar-refractivity contribution < 1.29 is 13.2 Å². The van der Waals surface area contributed by atoms with Crippen molar-refractivity contribution >= 4 is 27.2 Å². The topological polar surface area (TPSA) is 51.2 Å². The molecule has 1 aromatic carbocycles. The van der Waals surface area contributed by atoms with E-state index in [4.69, 9.17) is 11.6 Å². The average Bonchev–Trinajstić information content (AvgIpc) is 2.35. The van der Waals surface area contributed by atoms with Crippen molar-refractivity contribution in [1.29, 1.82) is 0 Å². The zero-order valence-corrected chi connectivity index (χ0v) is 12.3. The minimum absolute atomic E-state index is 0.335. The fourth-order valence-electron chi connectivity index (χ4n) is 1.61. The van der Waals surface area contributed by atoms with Crippen molar-refractivity contribution in [3.8, 4) is 0 Å². The summed E-state index contributed by atoms with van der Waals surface area (Å²) in [5.41, 5.74) is 0.335. The van der Waals surface area contributed by atoms with E-state index >= 15 is 0 Å². The average molecular weight is 289 g/mol. The third kappa shape index (κ3) is 3.12. The van der Waals surface area contributed by atoms with Gasteiger partial charge in [-0.2, -0.15) is 0 Å². The molecule has 0 amide bonds. The standard InChI is InChI=1S/C13H17ClO3S/c1-4-9(2)18(16,17)10(3)13(15)11-6-5-7-12(14)8-11/h5-10H,4H2,1-3H3. The number of carbonyl (C=O) groups excluding carboxylic acids is 1. The van der Waals surface area contributed by atoms with Crippen LogP contribution in [0.3, 0.4) is 0 Å². The van der Waals surface area contributed by atoms with Gasteiger partial charge in [0, 0.05) is 10.6 Å². The van der Waals surface area contributed by atoms with E-state index in [9.17, 15) is 13.2 Å². The third-order valence-corrected chi connectivity index (χ3v) is 6.00. The van der Waals surface area contributed by atoms with Crippen LogP contribution >= 0.6 is 11.6 Å². The molecule has 0 N–H and O–H groups in total. The van der Waals surface area contributed by atoms with Crippen LogP contribution in [0.5, 0.6) is 0 Å². The van der Waals surface area contributed by atoms with Crippen molar-refractivity contribution in [2.24, 2.45) is 0 Å². The van der Waals surface area contributed by atoms with Crippen molar-refractivity contribution in [1.82, 2.24) is 0 Å². The van der Waals surface area contributed by atoms with E-state index in [1.54, 1.807) is 32.0 Å². The molecule has 0 fully saturated rings. The fraction of sp³-hybridized carbons (Fsp3) is 0.462. The van der Waals surface area contributed by atoms with Gasteiger partial charge in [0.25, 0.3) is 0 Å². The van der Waals surface area contributed by atoms with Gasteiger partial charge in [-0.15, -0.1) is 0 Å². The molecule has 0 bridgehead atoms. The van der Waals surface area contributed by atoms with Gasteiger partial charge in [0.2, 0.25) is 0 Å². The molecule has 0 spiro atoms.